The number of hydrogen-bond acceptors (Lipinski definition) is 5. The lowest BCUT2D eigenvalue weighted by Crippen LogP contribution is -2.33. The maximum atomic E-state index is 12.5. The summed E-state index contributed by atoms with van der Waals surface area (Å²) in [5, 5.41) is 10.1. The molecule has 8 heteroatoms. The van der Waals surface area contributed by atoms with E-state index in [1.807, 2.05) is 23.1 Å². The number of hydrogen-bond donors (Lipinski definition) is 1. The van der Waals surface area contributed by atoms with Gasteiger partial charge < -0.3 is 10.2 Å². The quantitative estimate of drug-likeness (QED) is 0.626. The van der Waals surface area contributed by atoms with Crippen molar-refractivity contribution in [2.24, 2.45) is 0 Å². The fraction of sp³-hybridized carbons (Fsp3) is 0.174. The highest BCUT2D eigenvalue weighted by Gasteiger charge is 2.15. The molecule has 1 aliphatic heterocycles. The zero-order chi connectivity index (χ0) is 21.5. The number of carbonyl (C=O) groups is 2. The summed E-state index contributed by atoms with van der Waals surface area (Å²) in [5.41, 5.74) is 3.27. The second kappa shape index (κ2) is 9.62. The Morgan fingerprint density at radius 2 is 2.00 bits per heavy atom. The van der Waals surface area contributed by atoms with E-state index in [0.717, 1.165) is 12.0 Å². The topological polar surface area (TPSA) is 93.0 Å². The Hall–Kier alpha value is -4.07. The molecule has 2 aromatic heterocycles. The van der Waals surface area contributed by atoms with Gasteiger partial charge in [-0.05, 0) is 41.3 Å². The highest BCUT2D eigenvalue weighted by molar-refractivity contribution is 5.92. The van der Waals surface area contributed by atoms with E-state index in [1.165, 1.54) is 22.0 Å². The molecule has 0 fully saturated rings. The highest BCUT2D eigenvalue weighted by atomic mass is 16.2. The molecule has 3 heterocycles. The second-order valence-electron chi connectivity index (χ2n) is 7.09. The van der Waals surface area contributed by atoms with Crippen molar-refractivity contribution >= 4 is 29.3 Å². The lowest BCUT2D eigenvalue weighted by atomic mass is 9.99. The fourth-order valence-corrected chi connectivity index (χ4v) is 3.28. The number of nitrogens with one attached hydrogen (secondary N) is 1. The molecule has 1 aromatic carbocycles. The largest absolute Gasteiger partial charge is 0.335 e. The van der Waals surface area contributed by atoms with Crippen LogP contribution < -0.4 is 5.32 Å². The first kappa shape index (κ1) is 20.2. The zero-order valence-corrected chi connectivity index (χ0v) is 16.9. The summed E-state index contributed by atoms with van der Waals surface area (Å²) < 4.78 is 1.43. The van der Waals surface area contributed by atoms with E-state index >= 15 is 0 Å². The summed E-state index contributed by atoms with van der Waals surface area (Å²) in [4.78, 5) is 30.5. The van der Waals surface area contributed by atoms with Gasteiger partial charge in [-0.25, -0.2) is 9.67 Å². The van der Waals surface area contributed by atoms with Crippen LogP contribution in [0.3, 0.4) is 0 Å². The number of aromatic nitrogens is 4. The van der Waals surface area contributed by atoms with Crippen LogP contribution in [0.5, 0.6) is 0 Å². The van der Waals surface area contributed by atoms with Crippen molar-refractivity contribution in [3.63, 3.8) is 0 Å². The second-order valence-corrected chi connectivity index (χ2v) is 7.09. The summed E-state index contributed by atoms with van der Waals surface area (Å²) in [5.74, 6) is 0.154. The third-order valence-electron chi connectivity index (χ3n) is 4.92. The van der Waals surface area contributed by atoms with Crippen LogP contribution >= 0.6 is 0 Å². The van der Waals surface area contributed by atoms with Crippen molar-refractivity contribution in [1.29, 1.82) is 0 Å². The van der Waals surface area contributed by atoms with Crippen LogP contribution in [0.1, 0.15) is 17.5 Å². The number of carbonyl (C=O) groups excluding carboxylic acids is 2. The van der Waals surface area contributed by atoms with E-state index in [2.05, 4.69) is 38.8 Å². The third kappa shape index (κ3) is 5.51. The normalized spacial score (nSPS) is 13.8. The molecule has 156 valence electrons. The maximum Gasteiger partial charge on any atom is 0.247 e. The summed E-state index contributed by atoms with van der Waals surface area (Å²) in [7, 11) is 0. The number of anilines is 1. The molecular formula is C23H22N6O2. The molecule has 1 N–H and O–H groups in total. The van der Waals surface area contributed by atoms with Gasteiger partial charge in [-0.3, -0.25) is 9.59 Å². The van der Waals surface area contributed by atoms with Gasteiger partial charge in [0.15, 0.2) is 0 Å². The molecule has 0 bridgehead atoms. The van der Waals surface area contributed by atoms with Crippen molar-refractivity contribution in [2.45, 2.75) is 13.0 Å². The van der Waals surface area contributed by atoms with E-state index in [9.17, 15) is 9.59 Å². The fourth-order valence-electron chi connectivity index (χ4n) is 3.28. The van der Waals surface area contributed by atoms with Gasteiger partial charge in [0, 0.05) is 31.6 Å². The first-order chi connectivity index (χ1) is 15.2. The molecule has 1 aliphatic rings. The maximum absolute atomic E-state index is 12.5. The van der Waals surface area contributed by atoms with Crippen molar-refractivity contribution < 1.29 is 9.59 Å². The highest BCUT2D eigenvalue weighted by Crippen LogP contribution is 2.22. The van der Waals surface area contributed by atoms with Crippen molar-refractivity contribution in [1.82, 2.24) is 24.9 Å². The van der Waals surface area contributed by atoms with Crippen LogP contribution in [0.2, 0.25) is 0 Å². The van der Waals surface area contributed by atoms with E-state index < -0.39 is 0 Å². The van der Waals surface area contributed by atoms with E-state index in [0.29, 0.717) is 18.9 Å². The molecule has 0 radical (unpaired) electrons. The average molecular weight is 414 g/mol. The molecule has 0 saturated heterocycles. The SMILES string of the molecule is O=C(Cn1ccnn1)Nc1ccc(/C=C/C(=O)N2CC=C(c3ccccc3)CC2)cn1. The predicted molar refractivity (Wildman–Crippen MR) is 118 cm³/mol. The van der Waals surface area contributed by atoms with Crippen molar-refractivity contribution in [3.8, 4) is 0 Å². The summed E-state index contributed by atoms with van der Waals surface area (Å²) in [6, 6.07) is 13.7. The Morgan fingerprint density at radius 1 is 1.13 bits per heavy atom. The summed E-state index contributed by atoms with van der Waals surface area (Å²) >= 11 is 0. The minimum Gasteiger partial charge on any atom is -0.335 e. The average Bonchev–Trinajstić information content (AvgIpc) is 3.32. The van der Waals surface area contributed by atoms with Gasteiger partial charge in [0.25, 0.3) is 0 Å². The Kier molecular flexibility index (Phi) is 6.27. The van der Waals surface area contributed by atoms with Crippen LogP contribution in [-0.2, 0) is 16.1 Å². The lowest BCUT2D eigenvalue weighted by Gasteiger charge is -2.25. The van der Waals surface area contributed by atoms with E-state index in [4.69, 9.17) is 0 Å². The number of nitrogens with zero attached hydrogens (tertiary/aromatic N) is 5. The van der Waals surface area contributed by atoms with E-state index in [1.54, 1.807) is 36.7 Å². The van der Waals surface area contributed by atoms with Gasteiger partial charge in [-0.1, -0.05) is 41.6 Å². The van der Waals surface area contributed by atoms with Crippen LogP contribution in [0, 0.1) is 0 Å². The Morgan fingerprint density at radius 3 is 2.68 bits per heavy atom. The standard InChI is InChI=1S/C23H22N6O2/c30-22(17-29-15-12-25-27-29)26-21-8-6-18(16-24-21)7-9-23(31)28-13-10-20(11-14-28)19-4-2-1-3-5-19/h1-10,12,15-16H,11,13-14,17H2,(H,24,26,30)/b9-7+. The molecule has 0 unspecified atom stereocenters. The van der Waals surface area contributed by atoms with Crippen molar-refractivity contribution in [2.75, 3.05) is 18.4 Å². The molecule has 0 atom stereocenters. The Balaban J connectivity index is 1.29. The van der Waals surface area contributed by atoms with Crippen LogP contribution in [0.4, 0.5) is 5.82 Å². The van der Waals surface area contributed by atoms with Crippen LogP contribution in [0.25, 0.3) is 11.6 Å². The molecule has 0 spiro atoms. The third-order valence-corrected chi connectivity index (χ3v) is 4.92. The summed E-state index contributed by atoms with van der Waals surface area (Å²) in [6.45, 7) is 1.36. The molecule has 31 heavy (non-hydrogen) atoms. The van der Waals surface area contributed by atoms with Gasteiger partial charge in [-0.2, -0.15) is 0 Å². The predicted octanol–water partition coefficient (Wildman–Crippen LogP) is 2.64. The minimum absolute atomic E-state index is 0.0337. The van der Waals surface area contributed by atoms with Gasteiger partial charge in [0.1, 0.15) is 12.4 Å². The Bertz CT molecular complexity index is 1090. The molecule has 0 saturated carbocycles. The molecule has 3 aromatic rings. The molecule has 4 rings (SSSR count). The van der Waals surface area contributed by atoms with Crippen LogP contribution in [0.15, 0.2) is 73.2 Å². The van der Waals surface area contributed by atoms with Gasteiger partial charge in [0.2, 0.25) is 11.8 Å². The van der Waals surface area contributed by atoms with Gasteiger partial charge >= 0.3 is 0 Å². The van der Waals surface area contributed by atoms with Gasteiger partial charge in [0.05, 0.1) is 6.20 Å². The number of amides is 2. The summed E-state index contributed by atoms with van der Waals surface area (Å²) in [6.07, 6.45) is 11.0. The minimum atomic E-state index is -0.246. The molecule has 2 amide bonds. The number of pyridine rings is 1. The molecular weight excluding hydrogens is 392 g/mol. The smallest absolute Gasteiger partial charge is 0.247 e. The van der Waals surface area contributed by atoms with E-state index in [-0.39, 0.29) is 18.4 Å². The number of rotatable bonds is 6. The first-order valence-corrected chi connectivity index (χ1v) is 9.99. The molecule has 8 nitrogen and oxygen atoms in total. The zero-order valence-electron chi connectivity index (χ0n) is 16.9. The van der Waals surface area contributed by atoms with Crippen LogP contribution in [-0.4, -0.2) is 49.8 Å². The lowest BCUT2D eigenvalue weighted by molar-refractivity contribution is -0.125. The number of benzene rings is 1. The Labute approximate surface area is 179 Å². The monoisotopic (exact) mass is 414 g/mol. The van der Waals surface area contributed by atoms with Gasteiger partial charge in [-0.15, -0.1) is 5.10 Å². The molecule has 0 aliphatic carbocycles. The van der Waals surface area contributed by atoms with Crippen molar-refractivity contribution in [3.05, 3.63) is 84.3 Å². The first-order valence-electron chi connectivity index (χ1n) is 9.99.